The van der Waals surface area contributed by atoms with Gasteiger partial charge in [0.15, 0.2) is 0 Å². The molecule has 0 saturated carbocycles. The van der Waals surface area contributed by atoms with Gasteiger partial charge < -0.3 is 14.4 Å². The molecule has 0 spiro atoms. The van der Waals surface area contributed by atoms with E-state index in [1.807, 2.05) is 51.9 Å². The maximum atomic E-state index is 13.0. The van der Waals surface area contributed by atoms with Gasteiger partial charge in [0.05, 0.1) is 11.0 Å². The van der Waals surface area contributed by atoms with Gasteiger partial charge in [0, 0.05) is 51.3 Å². The van der Waals surface area contributed by atoms with Crippen molar-refractivity contribution in [3.63, 3.8) is 0 Å². The summed E-state index contributed by atoms with van der Waals surface area (Å²) in [6.07, 6.45) is 2.66. The number of aromatic nitrogens is 2. The van der Waals surface area contributed by atoms with E-state index in [9.17, 15) is 9.59 Å². The van der Waals surface area contributed by atoms with E-state index in [1.54, 1.807) is 0 Å². The number of fused-ring (bicyclic) bond motifs is 1. The van der Waals surface area contributed by atoms with Crippen molar-refractivity contribution in [2.75, 3.05) is 31.1 Å². The maximum Gasteiger partial charge on any atom is 0.272 e. The van der Waals surface area contributed by atoms with Gasteiger partial charge in [0.1, 0.15) is 5.69 Å². The van der Waals surface area contributed by atoms with Crippen LogP contribution in [0.2, 0.25) is 0 Å². The molecule has 1 fully saturated rings. The molecule has 1 aliphatic heterocycles. The summed E-state index contributed by atoms with van der Waals surface area (Å²) in [5.74, 6) is 0.0992. The molecule has 162 valence electrons. The van der Waals surface area contributed by atoms with E-state index in [1.165, 1.54) is 5.69 Å². The number of nitrogens with zero attached hydrogens (tertiary/aromatic N) is 4. The van der Waals surface area contributed by atoms with E-state index in [0.29, 0.717) is 38.2 Å². The van der Waals surface area contributed by atoms with Gasteiger partial charge in [-0.3, -0.25) is 9.59 Å². The molecule has 0 bridgehead atoms. The topological polar surface area (TPSA) is 58.4 Å². The molecule has 3 aromatic rings. The Bertz CT molecular complexity index is 1090. The van der Waals surface area contributed by atoms with Gasteiger partial charge in [-0.1, -0.05) is 43.7 Å². The summed E-state index contributed by atoms with van der Waals surface area (Å²) in [5.41, 5.74) is 3.31. The molecule has 1 amide bonds. The highest BCUT2D eigenvalue weighted by Gasteiger charge is 2.22. The van der Waals surface area contributed by atoms with Crippen LogP contribution in [-0.4, -0.2) is 46.5 Å². The van der Waals surface area contributed by atoms with Crippen LogP contribution < -0.4 is 10.5 Å². The summed E-state index contributed by atoms with van der Waals surface area (Å²) >= 11 is 0. The normalized spacial score (nSPS) is 14.2. The van der Waals surface area contributed by atoms with E-state index >= 15 is 0 Å². The van der Waals surface area contributed by atoms with E-state index in [2.05, 4.69) is 28.9 Å². The fourth-order valence-electron chi connectivity index (χ4n) is 4.18. The average molecular weight is 419 g/mol. The predicted molar refractivity (Wildman–Crippen MR) is 124 cm³/mol. The molecule has 31 heavy (non-hydrogen) atoms. The van der Waals surface area contributed by atoms with Crippen LogP contribution in [0.1, 0.15) is 31.9 Å². The molecule has 1 saturated heterocycles. The Morgan fingerprint density at radius 3 is 2.42 bits per heavy atom. The van der Waals surface area contributed by atoms with Gasteiger partial charge in [0.2, 0.25) is 5.91 Å². The molecule has 4 rings (SSSR count). The third-order valence-electron chi connectivity index (χ3n) is 5.98. The van der Waals surface area contributed by atoms with Crippen molar-refractivity contribution in [2.24, 2.45) is 0 Å². The quantitative estimate of drug-likeness (QED) is 0.589. The predicted octanol–water partition coefficient (Wildman–Crippen LogP) is 3.48. The molecule has 1 aliphatic rings. The molecular weight excluding hydrogens is 388 g/mol. The molecule has 0 N–H and O–H groups in total. The number of para-hydroxylation sites is 3. The van der Waals surface area contributed by atoms with Crippen LogP contribution in [0.5, 0.6) is 0 Å². The molecule has 2 heterocycles. The Kier molecular flexibility index (Phi) is 6.65. The highest BCUT2D eigenvalue weighted by molar-refractivity contribution is 5.77. The fourth-order valence-corrected chi connectivity index (χ4v) is 4.18. The largest absolute Gasteiger partial charge is 0.368 e. The third-order valence-corrected chi connectivity index (χ3v) is 5.98. The second-order valence-electron chi connectivity index (χ2n) is 8.06. The number of hydrogen-bond donors (Lipinski definition) is 0. The highest BCUT2D eigenvalue weighted by atomic mass is 16.2. The zero-order valence-corrected chi connectivity index (χ0v) is 18.2. The highest BCUT2D eigenvalue weighted by Crippen LogP contribution is 2.16. The standard InChI is InChI=1S/C25H30N4O2/c1-2-3-15-29-23-12-8-7-11-21(23)26-22(25(29)31)13-14-24(30)28-18-16-27(17-19-28)20-9-5-4-6-10-20/h4-12H,2-3,13-19H2,1H3. The lowest BCUT2D eigenvalue weighted by Gasteiger charge is -2.36. The second kappa shape index (κ2) is 9.77. The van der Waals surface area contributed by atoms with Crippen molar-refractivity contribution < 1.29 is 4.79 Å². The van der Waals surface area contributed by atoms with Crippen LogP contribution in [0.3, 0.4) is 0 Å². The number of carbonyl (C=O) groups is 1. The SMILES string of the molecule is CCCCn1c(=O)c(CCC(=O)N2CCN(c3ccccc3)CC2)nc2ccccc21. The number of rotatable bonds is 7. The van der Waals surface area contributed by atoms with Crippen LogP contribution in [0, 0.1) is 0 Å². The summed E-state index contributed by atoms with van der Waals surface area (Å²) in [5, 5.41) is 0. The van der Waals surface area contributed by atoms with Crippen LogP contribution in [0.4, 0.5) is 5.69 Å². The van der Waals surface area contributed by atoms with Gasteiger partial charge in [-0.25, -0.2) is 4.98 Å². The number of carbonyl (C=O) groups excluding carboxylic acids is 1. The monoisotopic (exact) mass is 418 g/mol. The Balaban J connectivity index is 1.41. The lowest BCUT2D eigenvalue weighted by atomic mass is 10.1. The van der Waals surface area contributed by atoms with E-state index in [4.69, 9.17) is 0 Å². The first-order valence-corrected chi connectivity index (χ1v) is 11.2. The lowest BCUT2D eigenvalue weighted by Crippen LogP contribution is -2.48. The van der Waals surface area contributed by atoms with Crippen LogP contribution in [0.15, 0.2) is 59.4 Å². The minimum atomic E-state index is -0.0613. The molecule has 0 radical (unpaired) electrons. The van der Waals surface area contributed by atoms with E-state index < -0.39 is 0 Å². The van der Waals surface area contributed by atoms with Gasteiger partial charge in [0.25, 0.3) is 5.56 Å². The minimum Gasteiger partial charge on any atom is -0.368 e. The number of amides is 1. The van der Waals surface area contributed by atoms with Gasteiger partial charge >= 0.3 is 0 Å². The minimum absolute atomic E-state index is 0.0613. The zero-order chi connectivity index (χ0) is 21.6. The Morgan fingerprint density at radius 1 is 0.968 bits per heavy atom. The number of aryl methyl sites for hydroxylation is 2. The third kappa shape index (κ3) is 4.79. The van der Waals surface area contributed by atoms with Gasteiger partial charge in [-0.05, 0) is 30.7 Å². The summed E-state index contributed by atoms with van der Waals surface area (Å²) in [6.45, 7) is 5.87. The number of unbranched alkanes of at least 4 members (excludes halogenated alkanes) is 1. The van der Waals surface area contributed by atoms with Crippen LogP contribution >= 0.6 is 0 Å². The molecular formula is C25H30N4O2. The zero-order valence-electron chi connectivity index (χ0n) is 18.2. The molecule has 0 unspecified atom stereocenters. The van der Waals surface area contributed by atoms with Crippen molar-refractivity contribution in [1.82, 2.24) is 14.5 Å². The van der Waals surface area contributed by atoms with Crippen molar-refractivity contribution in [1.29, 1.82) is 0 Å². The first kappa shape index (κ1) is 21.1. The second-order valence-corrected chi connectivity index (χ2v) is 8.06. The number of piperazine rings is 1. The van der Waals surface area contributed by atoms with E-state index in [0.717, 1.165) is 37.0 Å². The Hall–Kier alpha value is -3.15. The molecule has 2 aromatic carbocycles. The smallest absolute Gasteiger partial charge is 0.272 e. The molecule has 6 heteroatoms. The summed E-state index contributed by atoms with van der Waals surface area (Å²) in [4.78, 5) is 34.7. The Labute approximate surface area is 183 Å². The summed E-state index contributed by atoms with van der Waals surface area (Å²) < 4.78 is 1.82. The van der Waals surface area contributed by atoms with Crippen LogP contribution in [-0.2, 0) is 17.8 Å². The first-order valence-electron chi connectivity index (χ1n) is 11.2. The van der Waals surface area contributed by atoms with Gasteiger partial charge in [-0.2, -0.15) is 0 Å². The number of benzene rings is 2. The van der Waals surface area contributed by atoms with Crippen molar-refractivity contribution >= 4 is 22.6 Å². The summed E-state index contributed by atoms with van der Waals surface area (Å²) in [7, 11) is 0. The van der Waals surface area contributed by atoms with Gasteiger partial charge in [-0.15, -0.1) is 0 Å². The maximum absolute atomic E-state index is 13.0. The van der Waals surface area contributed by atoms with Crippen molar-refractivity contribution in [2.45, 2.75) is 39.2 Å². The first-order chi connectivity index (χ1) is 15.2. The number of anilines is 1. The van der Waals surface area contributed by atoms with Crippen molar-refractivity contribution in [3.8, 4) is 0 Å². The molecule has 0 atom stereocenters. The molecule has 1 aromatic heterocycles. The van der Waals surface area contributed by atoms with Crippen molar-refractivity contribution in [3.05, 3.63) is 70.6 Å². The molecule has 0 aliphatic carbocycles. The lowest BCUT2D eigenvalue weighted by molar-refractivity contribution is -0.131. The Morgan fingerprint density at radius 2 is 1.68 bits per heavy atom. The fraction of sp³-hybridized carbons (Fsp3) is 0.400. The average Bonchev–Trinajstić information content (AvgIpc) is 2.83. The molecule has 6 nitrogen and oxygen atoms in total. The number of hydrogen-bond acceptors (Lipinski definition) is 4. The van der Waals surface area contributed by atoms with Crippen LogP contribution in [0.25, 0.3) is 11.0 Å². The van der Waals surface area contributed by atoms with E-state index in [-0.39, 0.29) is 11.5 Å². The summed E-state index contributed by atoms with van der Waals surface area (Å²) in [6, 6.07) is 18.0.